The molecule has 86 valence electrons. The summed E-state index contributed by atoms with van der Waals surface area (Å²) < 4.78 is 5.83. The Labute approximate surface area is 91.4 Å². The van der Waals surface area contributed by atoms with E-state index in [1.165, 1.54) is 32.1 Å². The molecule has 1 aliphatic carbocycles. The third kappa shape index (κ3) is 1.93. The van der Waals surface area contributed by atoms with Crippen LogP contribution in [0.2, 0.25) is 0 Å². The number of aliphatic hydroxyl groups excluding tert-OH is 1. The van der Waals surface area contributed by atoms with Crippen molar-refractivity contribution in [2.75, 3.05) is 13.1 Å². The van der Waals surface area contributed by atoms with Crippen LogP contribution in [0, 0.1) is 0 Å². The monoisotopic (exact) mass is 211 g/mol. The Balaban J connectivity index is 1.66. The summed E-state index contributed by atoms with van der Waals surface area (Å²) >= 11 is 0. The molecule has 0 radical (unpaired) electrons. The first-order chi connectivity index (χ1) is 7.33. The molecule has 3 heteroatoms. The van der Waals surface area contributed by atoms with Crippen molar-refractivity contribution in [1.29, 1.82) is 0 Å². The molecular weight excluding hydrogens is 190 g/mol. The van der Waals surface area contributed by atoms with Gasteiger partial charge in [-0.15, -0.1) is 0 Å². The quantitative estimate of drug-likeness (QED) is 0.706. The van der Waals surface area contributed by atoms with Gasteiger partial charge in [-0.25, -0.2) is 0 Å². The van der Waals surface area contributed by atoms with Crippen LogP contribution in [0.1, 0.15) is 38.5 Å². The van der Waals surface area contributed by atoms with Gasteiger partial charge in [-0.3, -0.25) is 4.90 Å². The molecule has 2 aliphatic heterocycles. The molecule has 0 aromatic carbocycles. The zero-order chi connectivity index (χ0) is 10.3. The van der Waals surface area contributed by atoms with Gasteiger partial charge in [0.05, 0.1) is 18.3 Å². The number of rotatable bonds is 1. The molecule has 2 heterocycles. The van der Waals surface area contributed by atoms with Gasteiger partial charge in [0, 0.05) is 19.1 Å². The van der Waals surface area contributed by atoms with Crippen molar-refractivity contribution < 1.29 is 9.84 Å². The lowest BCUT2D eigenvalue weighted by atomic mass is 9.91. The Morgan fingerprint density at radius 3 is 2.27 bits per heavy atom. The van der Waals surface area contributed by atoms with Crippen LogP contribution in [0.25, 0.3) is 0 Å². The second-order valence-electron chi connectivity index (χ2n) is 5.33. The van der Waals surface area contributed by atoms with Gasteiger partial charge in [0.25, 0.3) is 0 Å². The highest BCUT2D eigenvalue weighted by Crippen LogP contribution is 2.31. The van der Waals surface area contributed by atoms with E-state index in [0.717, 1.165) is 19.5 Å². The molecule has 15 heavy (non-hydrogen) atoms. The van der Waals surface area contributed by atoms with E-state index in [2.05, 4.69) is 4.90 Å². The molecule has 2 bridgehead atoms. The summed E-state index contributed by atoms with van der Waals surface area (Å²) in [5, 5.41) is 10.0. The van der Waals surface area contributed by atoms with Crippen LogP contribution in [0.4, 0.5) is 0 Å². The summed E-state index contributed by atoms with van der Waals surface area (Å²) in [5.41, 5.74) is 0. The number of fused-ring (bicyclic) bond motifs is 2. The van der Waals surface area contributed by atoms with Crippen LogP contribution in [0.15, 0.2) is 0 Å². The second kappa shape index (κ2) is 4.04. The lowest BCUT2D eigenvalue weighted by Crippen LogP contribution is -2.53. The van der Waals surface area contributed by atoms with E-state index in [4.69, 9.17) is 4.74 Å². The maximum absolute atomic E-state index is 10.0. The van der Waals surface area contributed by atoms with E-state index >= 15 is 0 Å². The average Bonchev–Trinajstić information content (AvgIpc) is 2.58. The highest BCUT2D eigenvalue weighted by Gasteiger charge is 2.38. The first-order valence-corrected chi connectivity index (χ1v) is 6.40. The van der Waals surface area contributed by atoms with Crippen LogP contribution in [-0.4, -0.2) is 47.4 Å². The number of aliphatic hydroxyl groups is 1. The van der Waals surface area contributed by atoms with Gasteiger partial charge in [0.1, 0.15) is 0 Å². The van der Waals surface area contributed by atoms with Crippen molar-refractivity contribution in [3.63, 3.8) is 0 Å². The molecule has 3 nitrogen and oxygen atoms in total. The number of hydrogen-bond acceptors (Lipinski definition) is 3. The maximum atomic E-state index is 10.0. The summed E-state index contributed by atoms with van der Waals surface area (Å²) in [7, 11) is 0. The van der Waals surface area contributed by atoms with Crippen molar-refractivity contribution in [3.05, 3.63) is 0 Å². The van der Waals surface area contributed by atoms with Crippen molar-refractivity contribution in [3.8, 4) is 0 Å². The number of ether oxygens (including phenoxy) is 1. The first kappa shape index (κ1) is 10.1. The number of nitrogens with zero attached hydrogens (tertiary/aromatic N) is 1. The fourth-order valence-electron chi connectivity index (χ4n) is 3.43. The number of hydrogen-bond donors (Lipinski definition) is 1. The van der Waals surface area contributed by atoms with E-state index in [0.29, 0.717) is 18.2 Å². The standard InChI is InChI=1S/C12H21NO2/c14-12-4-2-1-3-11(12)13-7-9-5-6-10(8-13)15-9/h9-12,14H,1-8H2/t9?,10?,11-,12-/m1/s1. The summed E-state index contributed by atoms with van der Waals surface area (Å²) in [6.45, 7) is 2.11. The summed E-state index contributed by atoms with van der Waals surface area (Å²) in [6.07, 6.45) is 7.95. The third-order valence-corrected chi connectivity index (χ3v) is 4.23. The van der Waals surface area contributed by atoms with Crippen LogP contribution < -0.4 is 0 Å². The van der Waals surface area contributed by atoms with E-state index in [1.807, 2.05) is 0 Å². The predicted molar refractivity (Wildman–Crippen MR) is 57.7 cm³/mol. The Morgan fingerprint density at radius 2 is 1.60 bits per heavy atom. The number of morpholine rings is 1. The zero-order valence-electron chi connectivity index (χ0n) is 9.27. The minimum absolute atomic E-state index is 0.0868. The molecule has 4 atom stereocenters. The SMILES string of the molecule is O[C@@H]1CCCC[C@H]1N1CC2CCC(C1)O2. The van der Waals surface area contributed by atoms with Crippen LogP contribution in [0.3, 0.4) is 0 Å². The molecule has 0 spiro atoms. The van der Waals surface area contributed by atoms with Gasteiger partial charge in [-0.2, -0.15) is 0 Å². The van der Waals surface area contributed by atoms with Crippen molar-refractivity contribution >= 4 is 0 Å². The topological polar surface area (TPSA) is 32.7 Å². The second-order valence-corrected chi connectivity index (χ2v) is 5.33. The van der Waals surface area contributed by atoms with Crippen molar-refractivity contribution in [1.82, 2.24) is 4.90 Å². The normalized spacial score (nSPS) is 47.0. The third-order valence-electron chi connectivity index (χ3n) is 4.23. The minimum Gasteiger partial charge on any atom is -0.391 e. The summed E-state index contributed by atoms with van der Waals surface area (Å²) in [4.78, 5) is 2.50. The fourth-order valence-corrected chi connectivity index (χ4v) is 3.43. The Bertz CT molecular complexity index is 222. The minimum atomic E-state index is -0.0868. The molecular formula is C12H21NO2. The lowest BCUT2D eigenvalue weighted by Gasteiger charge is -2.41. The van der Waals surface area contributed by atoms with Crippen molar-refractivity contribution in [2.24, 2.45) is 0 Å². The zero-order valence-corrected chi connectivity index (χ0v) is 9.27. The summed E-state index contributed by atoms with van der Waals surface area (Å²) in [5.74, 6) is 0. The predicted octanol–water partition coefficient (Wildman–Crippen LogP) is 1.15. The average molecular weight is 211 g/mol. The molecule has 0 aromatic heterocycles. The van der Waals surface area contributed by atoms with Gasteiger partial charge < -0.3 is 9.84 Å². The van der Waals surface area contributed by atoms with Gasteiger partial charge >= 0.3 is 0 Å². The molecule has 0 aromatic rings. The summed E-state index contributed by atoms with van der Waals surface area (Å²) in [6, 6.07) is 0.422. The largest absolute Gasteiger partial charge is 0.391 e. The molecule has 0 amide bonds. The molecule has 2 saturated heterocycles. The Hall–Kier alpha value is -0.120. The molecule has 1 saturated carbocycles. The van der Waals surface area contributed by atoms with Crippen molar-refractivity contribution in [2.45, 2.75) is 62.9 Å². The van der Waals surface area contributed by atoms with Gasteiger partial charge in [0.2, 0.25) is 0 Å². The Kier molecular flexibility index (Phi) is 2.71. The fraction of sp³-hybridized carbons (Fsp3) is 1.00. The van der Waals surface area contributed by atoms with E-state index in [1.54, 1.807) is 0 Å². The number of likely N-dealkylation sites (tertiary alicyclic amines) is 1. The van der Waals surface area contributed by atoms with Crippen LogP contribution in [-0.2, 0) is 4.74 Å². The molecule has 2 unspecified atom stereocenters. The van der Waals surface area contributed by atoms with E-state index < -0.39 is 0 Å². The smallest absolute Gasteiger partial charge is 0.0707 e. The maximum Gasteiger partial charge on any atom is 0.0707 e. The molecule has 1 N–H and O–H groups in total. The molecule has 3 fully saturated rings. The molecule has 3 rings (SSSR count). The van der Waals surface area contributed by atoms with Gasteiger partial charge in [-0.1, -0.05) is 12.8 Å². The highest BCUT2D eigenvalue weighted by atomic mass is 16.5. The van der Waals surface area contributed by atoms with Crippen LogP contribution in [0.5, 0.6) is 0 Å². The van der Waals surface area contributed by atoms with Gasteiger partial charge in [0.15, 0.2) is 0 Å². The van der Waals surface area contributed by atoms with Crippen LogP contribution >= 0.6 is 0 Å². The van der Waals surface area contributed by atoms with Gasteiger partial charge in [-0.05, 0) is 25.7 Å². The molecule has 3 aliphatic rings. The Morgan fingerprint density at radius 1 is 0.933 bits per heavy atom. The lowest BCUT2D eigenvalue weighted by molar-refractivity contribution is -0.0804. The van der Waals surface area contributed by atoms with E-state index in [9.17, 15) is 5.11 Å². The first-order valence-electron chi connectivity index (χ1n) is 6.40. The van der Waals surface area contributed by atoms with E-state index in [-0.39, 0.29) is 6.10 Å². The highest BCUT2D eigenvalue weighted by molar-refractivity contribution is 4.91.